The highest BCUT2D eigenvalue weighted by Crippen LogP contribution is 2.44. The lowest BCUT2D eigenvalue weighted by Gasteiger charge is -2.30. The molecule has 0 bridgehead atoms. The first kappa shape index (κ1) is 21.2. The highest BCUT2D eigenvalue weighted by atomic mass is 19.4. The monoisotopic (exact) mass is 414 g/mol. The van der Waals surface area contributed by atoms with Crippen molar-refractivity contribution in [2.45, 2.75) is 51.7 Å². The zero-order valence-corrected chi connectivity index (χ0v) is 16.7. The van der Waals surface area contributed by atoms with Crippen molar-refractivity contribution in [1.82, 2.24) is 26.4 Å². The van der Waals surface area contributed by atoms with E-state index in [4.69, 9.17) is 4.74 Å². The van der Waals surface area contributed by atoms with Crippen LogP contribution in [0, 0.1) is 5.41 Å². The number of nitrogens with zero attached hydrogens (tertiary/aromatic N) is 3. The van der Waals surface area contributed by atoms with Gasteiger partial charge in [-0.1, -0.05) is 20.8 Å². The summed E-state index contributed by atoms with van der Waals surface area (Å²) >= 11 is 0. The van der Waals surface area contributed by atoms with Gasteiger partial charge in [0.2, 0.25) is 0 Å². The summed E-state index contributed by atoms with van der Waals surface area (Å²) in [5.41, 5.74) is 5.88. The number of carbonyl (C=O) groups is 1. The molecule has 1 saturated carbocycles. The van der Waals surface area contributed by atoms with Crippen LogP contribution in [0.5, 0.6) is 5.75 Å². The number of aromatic nitrogens is 1. The van der Waals surface area contributed by atoms with Crippen molar-refractivity contribution in [3.63, 3.8) is 0 Å². The summed E-state index contributed by atoms with van der Waals surface area (Å²) in [4.78, 5) is 17.0. The van der Waals surface area contributed by atoms with Gasteiger partial charge in [0.25, 0.3) is 5.91 Å². The molecule has 2 aliphatic rings. The quantitative estimate of drug-likeness (QED) is 0.662. The molecule has 29 heavy (non-hydrogen) atoms. The van der Waals surface area contributed by atoms with Crippen LogP contribution >= 0.6 is 0 Å². The lowest BCUT2D eigenvalue weighted by molar-refractivity contribution is -0.153. The van der Waals surface area contributed by atoms with Gasteiger partial charge < -0.3 is 10.1 Å². The van der Waals surface area contributed by atoms with Gasteiger partial charge in [-0.15, -0.1) is 10.6 Å². The fraction of sp³-hybridized carbons (Fsp3) is 0.611. The predicted octanol–water partition coefficient (Wildman–Crippen LogP) is 2.31. The molecular weight excluding hydrogens is 389 g/mol. The van der Waals surface area contributed by atoms with E-state index >= 15 is 0 Å². The fourth-order valence-corrected chi connectivity index (χ4v) is 2.94. The summed E-state index contributed by atoms with van der Waals surface area (Å²) in [6, 6.07) is 0.791. The van der Waals surface area contributed by atoms with Crippen molar-refractivity contribution in [3.05, 3.63) is 23.5 Å². The Labute approximate surface area is 166 Å². The van der Waals surface area contributed by atoms with E-state index in [2.05, 4.69) is 26.4 Å². The minimum atomic E-state index is -4.46. The number of rotatable bonds is 6. The minimum absolute atomic E-state index is 0.0132. The summed E-state index contributed by atoms with van der Waals surface area (Å²) in [5, 5.41) is 8.59. The number of pyridine rings is 1. The van der Waals surface area contributed by atoms with Crippen LogP contribution in [-0.2, 0) is 0 Å². The molecule has 1 aromatic heterocycles. The van der Waals surface area contributed by atoms with E-state index in [0.29, 0.717) is 11.4 Å². The number of alkyl halides is 3. The van der Waals surface area contributed by atoms with Crippen LogP contribution in [0.4, 0.5) is 13.2 Å². The highest BCUT2D eigenvalue weighted by Gasteiger charge is 2.35. The normalized spacial score (nSPS) is 18.2. The van der Waals surface area contributed by atoms with Crippen molar-refractivity contribution in [2.24, 2.45) is 10.5 Å². The van der Waals surface area contributed by atoms with Gasteiger partial charge in [-0.3, -0.25) is 15.2 Å². The molecule has 1 aliphatic heterocycles. The molecule has 1 amide bonds. The average molecular weight is 414 g/mol. The molecule has 11 heteroatoms. The number of ether oxygens (including phenoxy) is 1. The first-order chi connectivity index (χ1) is 13.4. The Morgan fingerprint density at radius 3 is 2.59 bits per heavy atom. The summed E-state index contributed by atoms with van der Waals surface area (Å²) in [6.07, 6.45) is -1.29. The molecule has 1 fully saturated rings. The van der Waals surface area contributed by atoms with Crippen LogP contribution in [0.3, 0.4) is 0 Å². The van der Waals surface area contributed by atoms with Gasteiger partial charge in [-0.2, -0.15) is 13.2 Å². The maximum Gasteiger partial charge on any atom is 0.422 e. The van der Waals surface area contributed by atoms with E-state index in [-0.39, 0.29) is 17.4 Å². The summed E-state index contributed by atoms with van der Waals surface area (Å²) < 4.78 is 42.8. The number of hydrogen-bond donors (Lipinski definition) is 3. The smallest absolute Gasteiger partial charge is 0.422 e. The Hall–Kier alpha value is -2.56. The number of halogens is 3. The summed E-state index contributed by atoms with van der Waals surface area (Å²) in [6.45, 7) is 4.38. The van der Waals surface area contributed by atoms with Crippen molar-refractivity contribution in [3.8, 4) is 5.75 Å². The van der Waals surface area contributed by atoms with E-state index in [1.165, 1.54) is 17.4 Å². The van der Waals surface area contributed by atoms with Gasteiger partial charge in [-0.25, -0.2) is 5.12 Å². The van der Waals surface area contributed by atoms with Gasteiger partial charge in [0, 0.05) is 24.9 Å². The second kappa shape index (κ2) is 7.69. The molecule has 0 spiro atoms. The van der Waals surface area contributed by atoms with Gasteiger partial charge in [0.05, 0.1) is 6.04 Å². The zero-order chi connectivity index (χ0) is 21.4. The van der Waals surface area contributed by atoms with Crippen LogP contribution in [0.25, 0.3) is 0 Å². The van der Waals surface area contributed by atoms with E-state index in [1.54, 1.807) is 7.05 Å². The lowest BCUT2D eigenvalue weighted by atomic mass is 9.86. The summed E-state index contributed by atoms with van der Waals surface area (Å²) in [5.74, 6) is 0.165. The first-order valence-corrected chi connectivity index (χ1v) is 9.28. The zero-order valence-electron chi connectivity index (χ0n) is 16.7. The number of hydrazone groups is 1. The molecule has 1 aliphatic carbocycles. The Morgan fingerprint density at radius 1 is 1.38 bits per heavy atom. The Balaban J connectivity index is 1.81. The number of nitrogens with one attached hydrogen (secondary N) is 3. The van der Waals surface area contributed by atoms with Crippen molar-refractivity contribution in [1.29, 1.82) is 0 Å². The number of carbonyl (C=O) groups excluding carboxylic acids is 1. The van der Waals surface area contributed by atoms with Crippen LogP contribution in [-0.4, -0.2) is 47.7 Å². The highest BCUT2D eigenvalue weighted by molar-refractivity contribution is 5.98. The number of hydrazine groups is 2. The average Bonchev–Trinajstić information content (AvgIpc) is 3.37. The number of hydrogen-bond acceptors (Lipinski definition) is 7. The molecule has 0 saturated heterocycles. The predicted molar refractivity (Wildman–Crippen MR) is 99.9 cm³/mol. The van der Waals surface area contributed by atoms with E-state index in [9.17, 15) is 18.0 Å². The van der Waals surface area contributed by atoms with Crippen LogP contribution < -0.4 is 21.0 Å². The van der Waals surface area contributed by atoms with E-state index in [1.807, 2.05) is 20.8 Å². The van der Waals surface area contributed by atoms with Gasteiger partial charge in [0.1, 0.15) is 11.4 Å². The summed E-state index contributed by atoms with van der Waals surface area (Å²) in [7, 11) is 1.70. The van der Waals surface area contributed by atoms with Gasteiger partial charge in [0.15, 0.2) is 12.4 Å². The maximum atomic E-state index is 12.8. The molecule has 3 rings (SSSR count). The Morgan fingerprint density at radius 2 is 2.07 bits per heavy atom. The third-order valence-electron chi connectivity index (χ3n) is 4.55. The van der Waals surface area contributed by atoms with Crippen molar-refractivity contribution < 1.29 is 22.7 Å². The third-order valence-corrected chi connectivity index (χ3v) is 4.55. The fourth-order valence-electron chi connectivity index (χ4n) is 2.94. The molecular formula is C18H25F3N6O2. The van der Waals surface area contributed by atoms with Crippen molar-refractivity contribution >= 4 is 11.7 Å². The molecule has 8 nitrogen and oxygen atoms in total. The lowest BCUT2D eigenvalue weighted by Crippen LogP contribution is -2.54. The SMILES string of the molecule is CN1N=C(C(NC(=O)c2cc(OCC(F)(F)F)c(C3CC3)cn2)C(C)(C)C)NN1. The van der Waals surface area contributed by atoms with Crippen molar-refractivity contribution in [2.75, 3.05) is 13.7 Å². The first-order valence-electron chi connectivity index (χ1n) is 9.28. The van der Waals surface area contributed by atoms with Crippen LogP contribution in [0.1, 0.15) is 55.6 Å². The van der Waals surface area contributed by atoms with E-state index < -0.39 is 30.1 Å². The largest absolute Gasteiger partial charge is 0.484 e. The maximum absolute atomic E-state index is 12.8. The van der Waals surface area contributed by atoms with Crippen LogP contribution in [0.2, 0.25) is 0 Å². The van der Waals surface area contributed by atoms with Crippen LogP contribution in [0.15, 0.2) is 17.4 Å². The molecule has 0 aromatic carbocycles. The molecule has 2 heterocycles. The Kier molecular flexibility index (Phi) is 5.61. The number of amidine groups is 1. The second-order valence-corrected chi connectivity index (χ2v) is 8.30. The third kappa shape index (κ3) is 5.49. The second-order valence-electron chi connectivity index (χ2n) is 8.30. The molecule has 0 radical (unpaired) electrons. The molecule has 1 atom stereocenters. The standard InChI is InChI=1S/C18H25F3N6O2/c1-17(2,3)14(15-24-26-27(4)25-15)23-16(28)12-7-13(29-9-18(19,20)21)11(8-22-12)10-5-6-10/h7-8,10,14,26H,5-6,9H2,1-4H3,(H,23,28)(H,24,25). The molecule has 160 valence electrons. The van der Waals surface area contributed by atoms with Gasteiger partial charge >= 0.3 is 6.18 Å². The van der Waals surface area contributed by atoms with E-state index in [0.717, 1.165) is 12.8 Å². The molecule has 3 N–H and O–H groups in total. The topological polar surface area (TPSA) is 90.9 Å². The molecule has 1 aromatic rings. The van der Waals surface area contributed by atoms with Gasteiger partial charge in [-0.05, 0) is 24.2 Å². The Bertz CT molecular complexity index is 802. The molecule has 1 unspecified atom stereocenters. The number of amides is 1. The minimum Gasteiger partial charge on any atom is -0.484 e.